The predicted octanol–water partition coefficient (Wildman–Crippen LogP) is 2.60. The number of nitrogens with zero attached hydrogens (tertiary/aromatic N) is 2. The molecule has 0 spiro atoms. The van der Waals surface area contributed by atoms with Gasteiger partial charge >= 0.3 is 0 Å². The highest BCUT2D eigenvalue weighted by Gasteiger charge is 2.28. The Labute approximate surface area is 163 Å². The Balaban J connectivity index is 0.00000264. The minimum absolute atomic E-state index is 0. The maximum atomic E-state index is 11.5. The second kappa shape index (κ2) is 10.1. The average Bonchev–Trinajstić information content (AvgIpc) is 3.34. The summed E-state index contributed by atoms with van der Waals surface area (Å²) in [5.41, 5.74) is 1.22. The van der Waals surface area contributed by atoms with Crippen molar-refractivity contribution in [2.45, 2.75) is 19.4 Å². The summed E-state index contributed by atoms with van der Waals surface area (Å²) in [6.07, 6.45) is 2.08. The lowest BCUT2D eigenvalue weighted by molar-refractivity contribution is -0.122. The summed E-state index contributed by atoms with van der Waals surface area (Å²) in [6, 6.07) is 8.24. The van der Waals surface area contributed by atoms with E-state index in [-0.39, 0.29) is 35.8 Å². The summed E-state index contributed by atoms with van der Waals surface area (Å²) < 4.78 is 1.08. The van der Waals surface area contributed by atoms with Crippen LogP contribution < -0.4 is 10.6 Å². The molecule has 1 aliphatic carbocycles. The first-order chi connectivity index (χ1) is 10.6. The van der Waals surface area contributed by atoms with Gasteiger partial charge in [-0.25, -0.2) is 0 Å². The molecule has 0 heterocycles. The first-order valence-corrected chi connectivity index (χ1v) is 8.33. The van der Waals surface area contributed by atoms with Crippen molar-refractivity contribution in [3.63, 3.8) is 0 Å². The van der Waals surface area contributed by atoms with E-state index in [0.717, 1.165) is 29.8 Å². The van der Waals surface area contributed by atoms with Crippen molar-refractivity contribution in [1.82, 2.24) is 15.5 Å². The Morgan fingerprint density at radius 1 is 1.26 bits per heavy atom. The van der Waals surface area contributed by atoms with E-state index in [2.05, 4.69) is 48.6 Å². The first kappa shape index (κ1) is 20.2. The quantitative estimate of drug-likeness (QED) is 0.276. The molecular weight excluding hydrogens is 471 g/mol. The highest BCUT2D eigenvalue weighted by molar-refractivity contribution is 14.0. The van der Waals surface area contributed by atoms with Crippen LogP contribution in [0.5, 0.6) is 0 Å². The third-order valence-corrected chi connectivity index (χ3v) is 4.09. The van der Waals surface area contributed by atoms with E-state index < -0.39 is 0 Å². The molecule has 0 aromatic heterocycles. The Hall–Kier alpha value is -0.830. The van der Waals surface area contributed by atoms with E-state index in [1.807, 2.05) is 19.2 Å². The zero-order valence-electron chi connectivity index (χ0n) is 13.5. The van der Waals surface area contributed by atoms with Crippen molar-refractivity contribution in [1.29, 1.82) is 0 Å². The standard InChI is InChI=1S/C16H23BrN4O.HI/c1-18-16(20-10-9-19-15(22)13-5-6-13)21(2)11-12-3-7-14(17)8-4-12;/h3-4,7-8,13H,5-6,9-11H2,1-2H3,(H,18,20)(H,19,22);1H. The molecule has 0 aliphatic heterocycles. The van der Waals surface area contributed by atoms with Crippen molar-refractivity contribution in [3.8, 4) is 0 Å². The van der Waals surface area contributed by atoms with Gasteiger partial charge < -0.3 is 15.5 Å². The molecule has 1 amide bonds. The minimum Gasteiger partial charge on any atom is -0.354 e. The normalized spacial score (nSPS) is 14.0. The number of hydrogen-bond donors (Lipinski definition) is 2. The van der Waals surface area contributed by atoms with Crippen LogP contribution in [0.4, 0.5) is 0 Å². The SMILES string of the molecule is CN=C(NCCNC(=O)C1CC1)N(C)Cc1ccc(Br)cc1.I. The number of aliphatic imine (C=N–C) groups is 1. The number of hydrogen-bond acceptors (Lipinski definition) is 2. The highest BCUT2D eigenvalue weighted by atomic mass is 127. The molecule has 0 atom stereocenters. The molecule has 0 bridgehead atoms. The van der Waals surface area contributed by atoms with Crippen LogP contribution in [-0.2, 0) is 11.3 Å². The van der Waals surface area contributed by atoms with Crippen LogP contribution in [0.2, 0.25) is 0 Å². The van der Waals surface area contributed by atoms with Gasteiger partial charge in [0.25, 0.3) is 0 Å². The molecule has 1 saturated carbocycles. The lowest BCUT2D eigenvalue weighted by Crippen LogP contribution is -2.42. The number of amides is 1. The van der Waals surface area contributed by atoms with Gasteiger partial charge in [0.1, 0.15) is 0 Å². The van der Waals surface area contributed by atoms with Crippen molar-refractivity contribution in [2.24, 2.45) is 10.9 Å². The molecule has 0 unspecified atom stereocenters. The van der Waals surface area contributed by atoms with Crippen LogP contribution in [0.1, 0.15) is 18.4 Å². The van der Waals surface area contributed by atoms with Gasteiger partial charge in [-0.2, -0.15) is 0 Å². The molecule has 0 radical (unpaired) electrons. The Morgan fingerprint density at radius 3 is 2.43 bits per heavy atom. The number of carbonyl (C=O) groups is 1. The van der Waals surface area contributed by atoms with Crippen molar-refractivity contribution >= 4 is 51.8 Å². The number of benzene rings is 1. The molecule has 23 heavy (non-hydrogen) atoms. The monoisotopic (exact) mass is 494 g/mol. The van der Waals surface area contributed by atoms with Crippen molar-refractivity contribution in [2.75, 3.05) is 27.2 Å². The third-order valence-electron chi connectivity index (χ3n) is 3.56. The van der Waals surface area contributed by atoms with Gasteiger partial charge in [-0.3, -0.25) is 9.79 Å². The molecule has 1 aromatic rings. The van der Waals surface area contributed by atoms with Gasteiger partial charge in [-0.05, 0) is 30.5 Å². The average molecular weight is 495 g/mol. The van der Waals surface area contributed by atoms with Crippen LogP contribution in [-0.4, -0.2) is 44.0 Å². The third kappa shape index (κ3) is 7.07. The maximum absolute atomic E-state index is 11.5. The van der Waals surface area contributed by atoms with Gasteiger partial charge in [0.15, 0.2) is 5.96 Å². The Morgan fingerprint density at radius 2 is 1.87 bits per heavy atom. The second-order valence-electron chi connectivity index (χ2n) is 5.52. The first-order valence-electron chi connectivity index (χ1n) is 7.54. The van der Waals surface area contributed by atoms with Gasteiger partial charge in [-0.1, -0.05) is 28.1 Å². The topological polar surface area (TPSA) is 56.7 Å². The summed E-state index contributed by atoms with van der Waals surface area (Å²) in [5.74, 6) is 1.27. The van der Waals surface area contributed by atoms with Crippen LogP contribution in [0, 0.1) is 5.92 Å². The van der Waals surface area contributed by atoms with Crippen molar-refractivity contribution < 1.29 is 4.79 Å². The molecule has 1 fully saturated rings. The van der Waals surface area contributed by atoms with Gasteiger partial charge in [0.05, 0.1) is 0 Å². The fraction of sp³-hybridized carbons (Fsp3) is 0.500. The van der Waals surface area contributed by atoms with Gasteiger partial charge in [-0.15, -0.1) is 24.0 Å². The molecule has 2 rings (SSSR count). The van der Waals surface area contributed by atoms with Crippen LogP contribution >= 0.6 is 39.9 Å². The molecule has 7 heteroatoms. The summed E-state index contributed by atoms with van der Waals surface area (Å²) >= 11 is 3.44. The van der Waals surface area contributed by atoms with Gasteiger partial charge in [0.2, 0.25) is 5.91 Å². The number of rotatable bonds is 6. The summed E-state index contributed by atoms with van der Waals surface area (Å²) in [5, 5.41) is 6.21. The number of halogens is 2. The predicted molar refractivity (Wildman–Crippen MR) is 108 cm³/mol. The second-order valence-corrected chi connectivity index (χ2v) is 6.44. The zero-order valence-corrected chi connectivity index (χ0v) is 17.4. The summed E-state index contributed by atoms with van der Waals surface area (Å²) in [4.78, 5) is 17.9. The fourth-order valence-corrected chi connectivity index (χ4v) is 2.44. The maximum Gasteiger partial charge on any atom is 0.223 e. The highest BCUT2D eigenvalue weighted by Crippen LogP contribution is 2.28. The smallest absolute Gasteiger partial charge is 0.223 e. The van der Waals surface area contributed by atoms with E-state index >= 15 is 0 Å². The summed E-state index contributed by atoms with van der Waals surface area (Å²) in [6.45, 7) is 2.08. The Bertz CT molecular complexity index is 531. The minimum atomic E-state index is 0. The number of carbonyl (C=O) groups excluding carboxylic acids is 1. The van der Waals surface area contributed by atoms with E-state index in [4.69, 9.17) is 0 Å². The van der Waals surface area contributed by atoms with E-state index in [9.17, 15) is 4.79 Å². The lowest BCUT2D eigenvalue weighted by atomic mass is 10.2. The van der Waals surface area contributed by atoms with E-state index in [1.165, 1.54) is 5.56 Å². The number of guanidine groups is 1. The molecule has 128 valence electrons. The van der Waals surface area contributed by atoms with Crippen LogP contribution in [0.15, 0.2) is 33.7 Å². The zero-order chi connectivity index (χ0) is 15.9. The molecule has 2 N–H and O–H groups in total. The summed E-state index contributed by atoms with van der Waals surface area (Å²) in [7, 11) is 3.77. The molecule has 0 saturated heterocycles. The fourth-order valence-electron chi connectivity index (χ4n) is 2.17. The van der Waals surface area contributed by atoms with Crippen LogP contribution in [0.25, 0.3) is 0 Å². The molecule has 5 nitrogen and oxygen atoms in total. The van der Waals surface area contributed by atoms with Crippen molar-refractivity contribution in [3.05, 3.63) is 34.3 Å². The van der Waals surface area contributed by atoms with E-state index in [1.54, 1.807) is 7.05 Å². The molecular formula is C16H24BrIN4O. The molecule has 1 aromatic carbocycles. The van der Waals surface area contributed by atoms with Gasteiger partial charge in [0, 0.05) is 44.1 Å². The molecule has 1 aliphatic rings. The van der Waals surface area contributed by atoms with E-state index in [0.29, 0.717) is 13.1 Å². The number of nitrogens with one attached hydrogen (secondary N) is 2. The largest absolute Gasteiger partial charge is 0.354 e. The van der Waals surface area contributed by atoms with Crippen LogP contribution in [0.3, 0.4) is 0 Å². The lowest BCUT2D eigenvalue weighted by Gasteiger charge is -2.22. The Kier molecular flexibility index (Phi) is 8.90.